The third-order valence-corrected chi connectivity index (χ3v) is 5.99. The Bertz CT molecular complexity index is 1040. The lowest BCUT2D eigenvalue weighted by Gasteiger charge is -2.33. The van der Waals surface area contributed by atoms with Crippen LogP contribution in [0.4, 0.5) is 0 Å². The maximum Gasteiger partial charge on any atom is 0.222 e. The Kier molecular flexibility index (Phi) is 6.99. The number of hydrogen-bond donors (Lipinski definition) is 0. The Balaban J connectivity index is 1.35. The van der Waals surface area contributed by atoms with E-state index in [0.29, 0.717) is 32.5 Å². The highest BCUT2D eigenvalue weighted by Gasteiger charge is 2.26. The molecule has 1 unspecified atom stereocenters. The predicted octanol–water partition coefficient (Wildman–Crippen LogP) is 4.21. The Labute approximate surface area is 187 Å². The number of benzene rings is 1. The van der Waals surface area contributed by atoms with E-state index >= 15 is 0 Å². The molecule has 162 valence electrons. The summed E-state index contributed by atoms with van der Waals surface area (Å²) in [7, 11) is 0. The van der Waals surface area contributed by atoms with Gasteiger partial charge in [-0.15, -0.1) is 0 Å². The molecule has 1 saturated heterocycles. The Morgan fingerprint density at radius 1 is 1.23 bits per heavy atom. The molecule has 0 saturated carbocycles. The zero-order valence-electron chi connectivity index (χ0n) is 17.7. The van der Waals surface area contributed by atoms with E-state index in [0.717, 1.165) is 40.8 Å². The first kappa shape index (κ1) is 21.5. The van der Waals surface area contributed by atoms with Crippen LogP contribution in [0.25, 0.3) is 0 Å². The molecular weight excluding hydrogens is 412 g/mol. The van der Waals surface area contributed by atoms with Crippen molar-refractivity contribution in [2.45, 2.75) is 38.8 Å². The molecule has 1 aliphatic rings. The lowest BCUT2D eigenvalue weighted by molar-refractivity contribution is -0.139. The summed E-state index contributed by atoms with van der Waals surface area (Å²) in [6.45, 7) is 4.45. The van der Waals surface area contributed by atoms with E-state index in [4.69, 9.17) is 21.3 Å². The fraction of sp³-hybridized carbons (Fsp3) is 0.375. The molecule has 0 radical (unpaired) electrons. The summed E-state index contributed by atoms with van der Waals surface area (Å²) in [4.78, 5) is 23.7. The molecule has 0 bridgehead atoms. The van der Waals surface area contributed by atoms with Crippen LogP contribution in [0.2, 0.25) is 5.02 Å². The number of imidazole rings is 1. The van der Waals surface area contributed by atoms with E-state index in [2.05, 4.69) is 9.55 Å². The Hall–Kier alpha value is -2.70. The fourth-order valence-corrected chi connectivity index (χ4v) is 4.07. The zero-order valence-corrected chi connectivity index (χ0v) is 18.5. The van der Waals surface area contributed by atoms with Crippen LogP contribution < -0.4 is 0 Å². The molecule has 0 spiro atoms. The third kappa shape index (κ3) is 5.51. The molecule has 1 atom stereocenters. The van der Waals surface area contributed by atoms with Gasteiger partial charge in [0.25, 0.3) is 0 Å². The van der Waals surface area contributed by atoms with Gasteiger partial charge in [0.05, 0.1) is 18.8 Å². The first-order valence-corrected chi connectivity index (χ1v) is 11.0. The van der Waals surface area contributed by atoms with Gasteiger partial charge in [0.2, 0.25) is 5.91 Å². The molecule has 1 aliphatic heterocycles. The molecular formula is C24H27ClN4O2. The van der Waals surface area contributed by atoms with Crippen LogP contribution in [0.1, 0.15) is 41.7 Å². The molecule has 6 nitrogen and oxygen atoms in total. The van der Waals surface area contributed by atoms with Gasteiger partial charge in [-0.05, 0) is 37.1 Å². The number of nitrogens with zero attached hydrogens (tertiary/aromatic N) is 4. The van der Waals surface area contributed by atoms with Crippen molar-refractivity contribution < 1.29 is 9.53 Å². The van der Waals surface area contributed by atoms with Crippen molar-refractivity contribution in [3.05, 3.63) is 82.7 Å². The molecule has 1 amide bonds. The van der Waals surface area contributed by atoms with E-state index in [1.807, 2.05) is 60.5 Å². The number of rotatable bonds is 7. The molecule has 3 heterocycles. The second-order valence-corrected chi connectivity index (χ2v) is 8.20. The van der Waals surface area contributed by atoms with Crippen molar-refractivity contribution in [1.29, 1.82) is 0 Å². The average molecular weight is 439 g/mol. The van der Waals surface area contributed by atoms with E-state index < -0.39 is 0 Å². The number of carbonyl (C=O) groups excluding carboxylic acids is 1. The van der Waals surface area contributed by atoms with Crippen molar-refractivity contribution in [2.75, 3.05) is 19.7 Å². The van der Waals surface area contributed by atoms with Gasteiger partial charge >= 0.3 is 0 Å². The highest BCUT2D eigenvalue weighted by Crippen LogP contribution is 2.23. The van der Waals surface area contributed by atoms with Crippen LogP contribution in [0.5, 0.6) is 0 Å². The number of ether oxygens (including phenoxy) is 1. The molecule has 1 aromatic carbocycles. The van der Waals surface area contributed by atoms with Crippen LogP contribution in [-0.4, -0.2) is 45.0 Å². The lowest BCUT2D eigenvalue weighted by atomic mass is 10.1. The Morgan fingerprint density at radius 3 is 2.90 bits per heavy atom. The first-order chi connectivity index (χ1) is 15.1. The second kappa shape index (κ2) is 10.1. The monoisotopic (exact) mass is 438 g/mol. The van der Waals surface area contributed by atoms with Gasteiger partial charge in [-0.25, -0.2) is 4.98 Å². The van der Waals surface area contributed by atoms with Crippen LogP contribution in [-0.2, 0) is 22.5 Å². The molecule has 1 fully saturated rings. The maximum absolute atomic E-state index is 12.7. The predicted molar refractivity (Wildman–Crippen MR) is 120 cm³/mol. The number of aromatic nitrogens is 3. The number of halogens is 1. The summed E-state index contributed by atoms with van der Waals surface area (Å²) in [6, 6.07) is 13.8. The van der Waals surface area contributed by atoms with Gasteiger partial charge in [0, 0.05) is 49.0 Å². The number of pyridine rings is 1. The van der Waals surface area contributed by atoms with Gasteiger partial charge < -0.3 is 14.2 Å². The van der Waals surface area contributed by atoms with Crippen LogP contribution in [0, 0.1) is 6.92 Å². The molecule has 3 aromatic rings. The van der Waals surface area contributed by atoms with Gasteiger partial charge in [-0.1, -0.05) is 35.9 Å². The first-order valence-electron chi connectivity index (χ1n) is 10.7. The SMILES string of the molecule is Cc1nccn1CCCC(=O)N1CCOC(c2cccc(Cc3ccccc3Cl)n2)C1. The topological polar surface area (TPSA) is 60.2 Å². The van der Waals surface area contributed by atoms with Gasteiger partial charge in [-0.3, -0.25) is 9.78 Å². The third-order valence-electron chi connectivity index (χ3n) is 5.62. The molecule has 2 aromatic heterocycles. The molecule has 0 aliphatic carbocycles. The average Bonchev–Trinajstić information content (AvgIpc) is 3.20. The van der Waals surface area contributed by atoms with Crippen molar-refractivity contribution in [3.8, 4) is 0 Å². The van der Waals surface area contributed by atoms with Crippen molar-refractivity contribution >= 4 is 17.5 Å². The van der Waals surface area contributed by atoms with Crippen LogP contribution in [0.15, 0.2) is 54.9 Å². The normalized spacial score (nSPS) is 16.5. The van der Waals surface area contributed by atoms with E-state index in [1.54, 1.807) is 6.20 Å². The van der Waals surface area contributed by atoms with E-state index in [-0.39, 0.29) is 12.0 Å². The van der Waals surface area contributed by atoms with Crippen molar-refractivity contribution in [1.82, 2.24) is 19.4 Å². The van der Waals surface area contributed by atoms with Gasteiger partial charge in [-0.2, -0.15) is 0 Å². The van der Waals surface area contributed by atoms with E-state index in [1.165, 1.54) is 0 Å². The second-order valence-electron chi connectivity index (χ2n) is 7.79. The maximum atomic E-state index is 12.7. The summed E-state index contributed by atoms with van der Waals surface area (Å²) >= 11 is 6.30. The number of morpholine rings is 1. The lowest BCUT2D eigenvalue weighted by Crippen LogP contribution is -2.42. The number of amides is 1. The Morgan fingerprint density at radius 2 is 2.10 bits per heavy atom. The summed E-state index contributed by atoms with van der Waals surface area (Å²) in [5, 5.41) is 0.742. The van der Waals surface area contributed by atoms with Gasteiger partial charge in [0.15, 0.2) is 0 Å². The minimum Gasteiger partial charge on any atom is -0.368 e. The quantitative estimate of drug-likeness (QED) is 0.554. The number of aryl methyl sites for hydroxylation is 2. The highest BCUT2D eigenvalue weighted by molar-refractivity contribution is 6.31. The molecule has 31 heavy (non-hydrogen) atoms. The van der Waals surface area contributed by atoms with Crippen molar-refractivity contribution in [2.24, 2.45) is 0 Å². The van der Waals surface area contributed by atoms with Crippen molar-refractivity contribution in [3.63, 3.8) is 0 Å². The van der Waals surface area contributed by atoms with Crippen LogP contribution >= 0.6 is 11.6 Å². The summed E-state index contributed by atoms with van der Waals surface area (Å²) in [5.74, 6) is 1.14. The number of hydrogen-bond acceptors (Lipinski definition) is 4. The standard InChI is InChI=1S/C24H27ClN4O2/c1-18-26-11-13-28(18)12-5-10-24(30)29-14-15-31-23(17-29)22-9-4-7-20(27-22)16-19-6-2-3-8-21(19)25/h2-4,6-9,11,13,23H,5,10,12,14-17H2,1H3. The fourth-order valence-electron chi connectivity index (χ4n) is 3.87. The largest absolute Gasteiger partial charge is 0.368 e. The number of carbonyl (C=O) groups is 1. The minimum absolute atomic E-state index is 0.165. The summed E-state index contributed by atoms with van der Waals surface area (Å²) in [6.07, 6.45) is 5.51. The van der Waals surface area contributed by atoms with Crippen LogP contribution in [0.3, 0.4) is 0 Å². The molecule has 7 heteroatoms. The minimum atomic E-state index is -0.209. The van der Waals surface area contributed by atoms with E-state index in [9.17, 15) is 4.79 Å². The molecule has 4 rings (SSSR count). The highest BCUT2D eigenvalue weighted by atomic mass is 35.5. The summed E-state index contributed by atoms with van der Waals surface area (Å²) < 4.78 is 8.03. The smallest absolute Gasteiger partial charge is 0.222 e. The molecule has 0 N–H and O–H groups in total. The zero-order chi connectivity index (χ0) is 21.6. The van der Waals surface area contributed by atoms with Gasteiger partial charge in [0.1, 0.15) is 11.9 Å². The summed E-state index contributed by atoms with van der Waals surface area (Å²) in [5.41, 5.74) is 2.84.